The predicted octanol–water partition coefficient (Wildman–Crippen LogP) is -2.26. The van der Waals surface area contributed by atoms with Crippen molar-refractivity contribution in [2.24, 2.45) is 5.92 Å². The number of phenolic OH excluding ortho intramolecular Hbond substituents is 5. The number of aliphatic hydroxyl groups is 9. The highest BCUT2D eigenvalue weighted by molar-refractivity contribution is 5.89. The van der Waals surface area contributed by atoms with Gasteiger partial charge in [0.25, 0.3) is 0 Å². The van der Waals surface area contributed by atoms with E-state index in [4.69, 9.17) is 32.8 Å². The second kappa shape index (κ2) is 19.4. The number of esters is 1. The van der Waals surface area contributed by atoms with E-state index in [1.54, 1.807) is 0 Å². The summed E-state index contributed by atoms with van der Waals surface area (Å²) in [6.07, 6.45) is -21.0. The van der Waals surface area contributed by atoms with E-state index >= 15 is 0 Å². The zero-order valence-corrected chi connectivity index (χ0v) is 33.6. The summed E-state index contributed by atoms with van der Waals surface area (Å²) in [5, 5.41) is 145. The van der Waals surface area contributed by atoms with Crippen molar-refractivity contribution in [1.82, 2.24) is 0 Å². The largest absolute Gasteiger partial charge is 0.507 e. The summed E-state index contributed by atoms with van der Waals surface area (Å²) < 4.78 is 40.4. The van der Waals surface area contributed by atoms with Crippen LogP contribution in [-0.4, -0.2) is 177 Å². The Morgan fingerprint density at radius 3 is 2.09 bits per heavy atom. The molecule has 3 aromatic carbocycles. The molecule has 0 spiro atoms. The first kappa shape index (κ1) is 47.2. The Bertz CT molecular complexity index is 2440. The average molecular weight is 919 g/mol. The molecule has 1 saturated carbocycles. The number of fused-ring (bicyclic) bond motifs is 1. The first-order valence-electron chi connectivity index (χ1n) is 19.9. The van der Waals surface area contributed by atoms with Crippen molar-refractivity contribution in [3.63, 3.8) is 0 Å². The fourth-order valence-corrected chi connectivity index (χ4v) is 7.61. The lowest BCUT2D eigenvalue weighted by Gasteiger charge is -2.45. The summed E-state index contributed by atoms with van der Waals surface area (Å²) >= 11 is 0. The number of phenols is 5. The minimum atomic E-state index is -1.97. The van der Waals surface area contributed by atoms with Crippen LogP contribution in [0.15, 0.2) is 63.8 Å². The summed E-state index contributed by atoms with van der Waals surface area (Å²) in [5.41, 5.74) is -1.41. The zero-order chi connectivity index (χ0) is 47.0. The molecule has 23 heteroatoms. The third-order valence-electron chi connectivity index (χ3n) is 11.2. The number of carbonyl (C=O) groups is 1. The van der Waals surface area contributed by atoms with E-state index < -0.39 is 168 Å². The number of rotatable bonds is 12. The molecular formula is C42H46O23. The smallest absolute Gasteiger partial charge is 0.331 e. The van der Waals surface area contributed by atoms with Crippen LogP contribution in [0.5, 0.6) is 40.2 Å². The van der Waals surface area contributed by atoms with Gasteiger partial charge in [0, 0.05) is 36.3 Å². The lowest BCUT2D eigenvalue weighted by Crippen LogP contribution is -2.62. The standard InChI is InChI=1S/C42H46O23/c43-12-17-9-26(38(35(57)30(17)52)65-42-40(31(53)24(50)14-59-42)64-28(51)6-2-15-1-4-19(45)21(47)7-15)62-39-33(55)29-23(49)10-18(60-41-36(58)34(56)32(54)27(13-44)63-41)11-25(29)61-37(39)16-3-5-20(46)22(48)8-16/h1-8,10-11,17,24,26-27,30-32,34-36,38,40-50,52-54,56-58H,9,12-14H2/b6-2+/t17-,24-,26+,27-,30-,31+,32+,34-,35-,36+,38+,40-,41-,42+/m0/s1. The lowest BCUT2D eigenvalue weighted by atomic mass is 9.81. The first-order valence-corrected chi connectivity index (χ1v) is 19.9. The van der Waals surface area contributed by atoms with E-state index in [1.165, 1.54) is 18.2 Å². The number of carbonyl (C=O) groups excluding carboxylic acids is 1. The third-order valence-corrected chi connectivity index (χ3v) is 11.2. The molecule has 7 rings (SSSR count). The molecule has 2 saturated heterocycles. The predicted molar refractivity (Wildman–Crippen MR) is 214 cm³/mol. The molecule has 0 radical (unpaired) electrons. The van der Waals surface area contributed by atoms with Crippen molar-refractivity contribution in [2.75, 3.05) is 19.8 Å². The fraction of sp³-hybridized carbons (Fsp3) is 0.429. The molecule has 0 bridgehead atoms. The van der Waals surface area contributed by atoms with Crippen LogP contribution in [0.3, 0.4) is 0 Å². The van der Waals surface area contributed by atoms with Crippen LogP contribution < -0.4 is 14.9 Å². The molecule has 4 aromatic rings. The topological polar surface area (TPSA) is 386 Å². The van der Waals surface area contributed by atoms with Gasteiger partial charge in [-0.05, 0) is 48.4 Å². The molecule has 352 valence electrons. The maximum absolute atomic E-state index is 14.5. The molecule has 1 aliphatic carbocycles. The van der Waals surface area contributed by atoms with Crippen molar-refractivity contribution in [3.05, 3.63) is 70.4 Å². The van der Waals surface area contributed by atoms with Crippen LogP contribution >= 0.6 is 0 Å². The SMILES string of the molecule is O=C(/C=C/c1ccc(O)c(O)c1)O[C@@H]1[C@@H](O[C@H]2[C@@H](O)[C@@H](O)[C@H](CO)C[C@H]2Oc2c(-c3ccc(O)c(O)c3)oc3cc(O[C@H]4O[C@@H](CO)[C@@H](O)[C@H](O)[C@H]4O)cc(O)c3c2=O)OC[C@H](O)[C@H]1O. The van der Waals surface area contributed by atoms with E-state index in [2.05, 4.69) is 0 Å². The number of hydrogen-bond acceptors (Lipinski definition) is 23. The van der Waals surface area contributed by atoms with Gasteiger partial charge in [-0.25, -0.2) is 4.79 Å². The van der Waals surface area contributed by atoms with Gasteiger partial charge in [0.1, 0.15) is 77.4 Å². The third kappa shape index (κ3) is 9.62. The maximum atomic E-state index is 14.5. The van der Waals surface area contributed by atoms with Crippen LogP contribution in [0.25, 0.3) is 28.4 Å². The highest BCUT2D eigenvalue weighted by atomic mass is 16.7. The summed E-state index contributed by atoms with van der Waals surface area (Å²) in [4.78, 5) is 27.5. The Hall–Kier alpha value is -5.80. The quantitative estimate of drug-likeness (QED) is 0.0405. The minimum absolute atomic E-state index is 0.128. The Morgan fingerprint density at radius 1 is 0.708 bits per heavy atom. The molecular weight excluding hydrogens is 872 g/mol. The van der Waals surface area contributed by atoms with Crippen molar-refractivity contribution in [1.29, 1.82) is 0 Å². The number of ether oxygens (including phenoxy) is 6. The Kier molecular flexibility index (Phi) is 14.0. The van der Waals surface area contributed by atoms with Gasteiger partial charge >= 0.3 is 5.97 Å². The van der Waals surface area contributed by atoms with Crippen LogP contribution in [0.2, 0.25) is 0 Å². The summed E-state index contributed by atoms with van der Waals surface area (Å²) in [7, 11) is 0. The Morgan fingerprint density at radius 2 is 1.42 bits per heavy atom. The Labute approximate surface area is 365 Å². The van der Waals surface area contributed by atoms with Gasteiger partial charge in [-0.2, -0.15) is 0 Å². The Balaban J connectivity index is 1.24. The van der Waals surface area contributed by atoms with E-state index in [1.807, 2.05) is 0 Å². The molecule has 14 atom stereocenters. The highest BCUT2D eigenvalue weighted by Crippen LogP contribution is 2.41. The normalized spacial score (nSPS) is 31.8. The molecule has 1 aromatic heterocycles. The van der Waals surface area contributed by atoms with Gasteiger partial charge < -0.3 is 104 Å². The van der Waals surface area contributed by atoms with Crippen molar-refractivity contribution in [3.8, 4) is 51.6 Å². The van der Waals surface area contributed by atoms with Crippen molar-refractivity contribution < 1.29 is 109 Å². The van der Waals surface area contributed by atoms with Gasteiger partial charge in [0.2, 0.25) is 17.5 Å². The van der Waals surface area contributed by atoms with E-state index in [9.17, 15) is 81.1 Å². The second-order valence-corrected chi connectivity index (χ2v) is 15.6. The fourth-order valence-electron chi connectivity index (χ4n) is 7.61. The van der Waals surface area contributed by atoms with Gasteiger partial charge in [0.15, 0.2) is 41.2 Å². The van der Waals surface area contributed by atoms with Crippen LogP contribution in [0.1, 0.15) is 12.0 Å². The van der Waals surface area contributed by atoms with Crippen LogP contribution in [0, 0.1) is 5.92 Å². The maximum Gasteiger partial charge on any atom is 0.331 e. The van der Waals surface area contributed by atoms with E-state index in [0.717, 1.165) is 42.5 Å². The molecule has 14 N–H and O–H groups in total. The molecule has 3 aliphatic rings. The number of benzene rings is 3. The minimum Gasteiger partial charge on any atom is -0.507 e. The highest BCUT2D eigenvalue weighted by Gasteiger charge is 2.51. The van der Waals surface area contributed by atoms with E-state index in [-0.39, 0.29) is 23.3 Å². The van der Waals surface area contributed by atoms with E-state index in [0.29, 0.717) is 0 Å². The number of hydrogen-bond donors (Lipinski definition) is 14. The molecule has 0 amide bonds. The zero-order valence-electron chi connectivity index (χ0n) is 33.6. The molecule has 3 fully saturated rings. The molecule has 23 nitrogen and oxygen atoms in total. The summed E-state index contributed by atoms with van der Waals surface area (Å²) in [5.74, 6) is -6.81. The number of aliphatic hydroxyl groups excluding tert-OH is 9. The average Bonchev–Trinajstić information content (AvgIpc) is 3.27. The monoisotopic (exact) mass is 918 g/mol. The summed E-state index contributed by atoms with van der Waals surface area (Å²) in [6.45, 7) is -2.11. The number of aromatic hydroxyl groups is 5. The lowest BCUT2D eigenvalue weighted by molar-refractivity contribution is -0.310. The first-order chi connectivity index (χ1) is 30.9. The van der Waals surface area contributed by atoms with Gasteiger partial charge in [-0.3, -0.25) is 4.79 Å². The molecule has 0 unspecified atom stereocenters. The second-order valence-electron chi connectivity index (χ2n) is 15.6. The molecule has 3 heterocycles. The van der Waals surface area contributed by atoms with Crippen molar-refractivity contribution in [2.45, 2.75) is 86.1 Å². The van der Waals surface area contributed by atoms with Crippen molar-refractivity contribution >= 4 is 23.0 Å². The van der Waals surface area contributed by atoms with Crippen LogP contribution in [-0.2, 0) is 23.7 Å². The van der Waals surface area contributed by atoms with Gasteiger partial charge in [0.05, 0.1) is 19.3 Å². The summed E-state index contributed by atoms with van der Waals surface area (Å²) in [6, 6.07) is 8.82. The van der Waals surface area contributed by atoms with Crippen LogP contribution in [0.4, 0.5) is 0 Å². The van der Waals surface area contributed by atoms with Gasteiger partial charge in [-0.1, -0.05) is 6.07 Å². The van der Waals surface area contributed by atoms with Gasteiger partial charge in [-0.15, -0.1) is 0 Å². The molecule has 65 heavy (non-hydrogen) atoms. The molecule has 2 aliphatic heterocycles.